The van der Waals surface area contributed by atoms with Gasteiger partial charge in [-0.15, -0.1) is 0 Å². The first-order valence-corrected chi connectivity index (χ1v) is 6.60. The third-order valence-corrected chi connectivity index (χ3v) is 3.18. The van der Waals surface area contributed by atoms with Gasteiger partial charge >= 0.3 is 6.03 Å². The maximum absolute atomic E-state index is 11.9. The summed E-state index contributed by atoms with van der Waals surface area (Å²) in [5, 5.41) is 4.79. The van der Waals surface area contributed by atoms with E-state index in [0.29, 0.717) is 26.2 Å². The fraction of sp³-hybridized carbons (Fsp3) is 0.727. The number of amides is 3. The number of nitrogens with zero attached hydrogens (tertiary/aromatic N) is 1. The van der Waals surface area contributed by atoms with Gasteiger partial charge < -0.3 is 15.8 Å². The largest absolute Gasteiger partial charge is 0.391 e. The highest BCUT2D eigenvalue weighted by Gasteiger charge is 2.29. The minimum atomic E-state index is -0.487. The maximum atomic E-state index is 11.9. The van der Waals surface area contributed by atoms with Crippen LogP contribution >= 0.6 is 12.2 Å². The van der Waals surface area contributed by atoms with Gasteiger partial charge in [-0.2, -0.15) is 0 Å². The molecule has 0 aromatic heterocycles. The smallest absolute Gasteiger partial charge is 0.321 e. The predicted octanol–water partition coefficient (Wildman–Crippen LogP) is -0.792. The highest BCUT2D eigenvalue weighted by atomic mass is 32.1. The first-order chi connectivity index (χ1) is 8.95. The highest BCUT2D eigenvalue weighted by Crippen LogP contribution is 2.09. The van der Waals surface area contributed by atoms with Gasteiger partial charge in [0.2, 0.25) is 5.91 Å². The molecule has 2 atom stereocenters. The second-order valence-corrected chi connectivity index (χ2v) is 4.75. The van der Waals surface area contributed by atoms with E-state index in [2.05, 4.69) is 10.6 Å². The molecule has 1 aliphatic heterocycles. The van der Waals surface area contributed by atoms with E-state index < -0.39 is 12.1 Å². The lowest BCUT2D eigenvalue weighted by Crippen LogP contribution is -2.56. The molecule has 4 N–H and O–H groups in total. The Morgan fingerprint density at radius 2 is 2.26 bits per heavy atom. The molecule has 0 aliphatic carbocycles. The van der Waals surface area contributed by atoms with Crippen molar-refractivity contribution in [1.29, 1.82) is 0 Å². The van der Waals surface area contributed by atoms with Crippen LogP contribution in [0.15, 0.2) is 0 Å². The Morgan fingerprint density at radius 1 is 1.58 bits per heavy atom. The molecule has 2 unspecified atom stereocenters. The summed E-state index contributed by atoms with van der Waals surface area (Å²) in [5.41, 5.74) is 5.54. The van der Waals surface area contributed by atoms with Crippen LogP contribution in [0.5, 0.6) is 0 Å². The fourth-order valence-corrected chi connectivity index (χ4v) is 1.92. The molecular formula is C11H20N4O3S. The first kappa shape index (κ1) is 15.8. The monoisotopic (exact) mass is 288 g/mol. The molecule has 0 saturated carbocycles. The average Bonchev–Trinajstić information content (AvgIpc) is 2.38. The summed E-state index contributed by atoms with van der Waals surface area (Å²) in [6, 6.07) is -0.929. The number of hydrogen-bond acceptors (Lipinski definition) is 5. The van der Waals surface area contributed by atoms with Crippen molar-refractivity contribution in [2.24, 2.45) is 5.73 Å². The second kappa shape index (κ2) is 7.37. The van der Waals surface area contributed by atoms with Crippen LogP contribution in [0.4, 0.5) is 4.79 Å². The second-order valence-electron chi connectivity index (χ2n) is 4.28. The van der Waals surface area contributed by atoms with Gasteiger partial charge in [-0.05, 0) is 13.8 Å². The Hall–Kier alpha value is -1.25. The lowest BCUT2D eigenvalue weighted by molar-refractivity contribution is -0.127. The highest BCUT2D eigenvalue weighted by molar-refractivity contribution is 7.80. The van der Waals surface area contributed by atoms with Crippen molar-refractivity contribution in [2.75, 3.05) is 26.2 Å². The van der Waals surface area contributed by atoms with E-state index in [9.17, 15) is 9.59 Å². The standard InChI is InChI=1S/C11H20N4O3S/c1-3-13-11(17)14-10(16)7(2)15-4-5-18-8(6-15)9(12)19/h7-8H,3-6H2,1-2H3,(H2,12,19)(H2,13,14,16,17). The molecule has 19 heavy (non-hydrogen) atoms. The van der Waals surface area contributed by atoms with E-state index in [1.165, 1.54) is 0 Å². The SMILES string of the molecule is CCNC(=O)NC(=O)C(C)N1CCOC(C(N)=S)C1. The maximum Gasteiger partial charge on any atom is 0.321 e. The number of carbonyl (C=O) groups is 2. The van der Waals surface area contributed by atoms with Gasteiger partial charge in [0, 0.05) is 19.6 Å². The van der Waals surface area contributed by atoms with Gasteiger partial charge in [0.15, 0.2) is 0 Å². The van der Waals surface area contributed by atoms with Crippen LogP contribution in [0.3, 0.4) is 0 Å². The zero-order chi connectivity index (χ0) is 14.4. The molecule has 0 radical (unpaired) electrons. The molecule has 7 nitrogen and oxygen atoms in total. The molecule has 1 heterocycles. The molecule has 0 aromatic rings. The molecule has 1 rings (SSSR count). The number of morpholine rings is 1. The van der Waals surface area contributed by atoms with Crippen molar-refractivity contribution < 1.29 is 14.3 Å². The van der Waals surface area contributed by atoms with Gasteiger partial charge in [0.1, 0.15) is 11.1 Å². The van der Waals surface area contributed by atoms with Crippen LogP contribution < -0.4 is 16.4 Å². The number of urea groups is 1. The molecule has 1 saturated heterocycles. The van der Waals surface area contributed by atoms with Gasteiger partial charge in [-0.1, -0.05) is 12.2 Å². The van der Waals surface area contributed by atoms with E-state index in [-0.39, 0.29) is 17.0 Å². The van der Waals surface area contributed by atoms with Crippen LogP contribution in [0.25, 0.3) is 0 Å². The summed E-state index contributed by atoms with van der Waals surface area (Å²) in [6.07, 6.45) is -0.344. The lowest BCUT2D eigenvalue weighted by atomic mass is 10.2. The molecule has 0 bridgehead atoms. The van der Waals surface area contributed by atoms with Crippen molar-refractivity contribution in [3.63, 3.8) is 0 Å². The number of nitrogens with two attached hydrogens (primary N) is 1. The quantitative estimate of drug-likeness (QED) is 0.587. The summed E-state index contributed by atoms with van der Waals surface area (Å²) >= 11 is 4.89. The first-order valence-electron chi connectivity index (χ1n) is 6.19. The Kier molecular flexibility index (Phi) is 6.13. The van der Waals surface area contributed by atoms with E-state index in [1.807, 2.05) is 4.90 Å². The lowest BCUT2D eigenvalue weighted by Gasteiger charge is -2.35. The topological polar surface area (TPSA) is 96.7 Å². The minimum absolute atomic E-state index is 0.279. The molecule has 1 fully saturated rings. The van der Waals surface area contributed by atoms with Crippen LogP contribution in [0.1, 0.15) is 13.8 Å². The Morgan fingerprint density at radius 3 is 2.84 bits per heavy atom. The van der Waals surface area contributed by atoms with Crippen molar-refractivity contribution in [1.82, 2.24) is 15.5 Å². The number of thiocarbonyl (C=S) groups is 1. The van der Waals surface area contributed by atoms with Gasteiger partial charge in [-0.25, -0.2) is 4.79 Å². The van der Waals surface area contributed by atoms with Gasteiger partial charge in [0.25, 0.3) is 0 Å². The molecule has 0 aromatic carbocycles. The summed E-state index contributed by atoms with van der Waals surface area (Å²) in [4.78, 5) is 25.3. The molecule has 1 aliphatic rings. The Bertz CT molecular complexity index is 364. The number of imide groups is 1. The van der Waals surface area contributed by atoms with Crippen LogP contribution in [-0.2, 0) is 9.53 Å². The molecule has 0 spiro atoms. The van der Waals surface area contributed by atoms with E-state index in [4.69, 9.17) is 22.7 Å². The third-order valence-electron chi connectivity index (χ3n) is 2.92. The van der Waals surface area contributed by atoms with Crippen LogP contribution in [0, 0.1) is 0 Å². The van der Waals surface area contributed by atoms with E-state index in [1.54, 1.807) is 13.8 Å². The number of carbonyl (C=O) groups excluding carboxylic acids is 2. The Labute approximate surface area is 117 Å². The summed E-state index contributed by atoms with van der Waals surface area (Å²) in [7, 11) is 0. The summed E-state index contributed by atoms with van der Waals surface area (Å²) in [6.45, 7) is 5.50. The predicted molar refractivity (Wildman–Crippen MR) is 74.8 cm³/mol. The molecule has 108 valence electrons. The van der Waals surface area contributed by atoms with Crippen molar-refractivity contribution >= 4 is 29.1 Å². The van der Waals surface area contributed by atoms with Crippen LogP contribution in [0.2, 0.25) is 0 Å². The van der Waals surface area contributed by atoms with Crippen molar-refractivity contribution in [3.8, 4) is 0 Å². The zero-order valence-electron chi connectivity index (χ0n) is 11.1. The minimum Gasteiger partial charge on any atom is -0.391 e. The number of nitrogens with one attached hydrogen (secondary N) is 2. The van der Waals surface area contributed by atoms with Gasteiger partial charge in [0.05, 0.1) is 12.6 Å². The molecular weight excluding hydrogens is 268 g/mol. The van der Waals surface area contributed by atoms with Crippen molar-refractivity contribution in [2.45, 2.75) is 26.0 Å². The number of hydrogen-bond donors (Lipinski definition) is 3. The van der Waals surface area contributed by atoms with Crippen LogP contribution in [-0.4, -0.2) is 60.2 Å². The Balaban J connectivity index is 2.51. The number of ether oxygens (including phenoxy) is 1. The molecule has 3 amide bonds. The molecule has 8 heteroatoms. The fourth-order valence-electron chi connectivity index (χ4n) is 1.78. The zero-order valence-corrected chi connectivity index (χ0v) is 12.0. The van der Waals surface area contributed by atoms with Crippen molar-refractivity contribution in [3.05, 3.63) is 0 Å². The van der Waals surface area contributed by atoms with Gasteiger partial charge in [-0.3, -0.25) is 15.0 Å². The number of rotatable bonds is 4. The van der Waals surface area contributed by atoms with E-state index in [0.717, 1.165) is 0 Å². The summed E-state index contributed by atoms with van der Waals surface area (Å²) in [5.74, 6) is -0.352. The van der Waals surface area contributed by atoms with E-state index >= 15 is 0 Å². The normalized spacial score (nSPS) is 21.5. The third kappa shape index (κ3) is 4.73. The average molecular weight is 288 g/mol. The summed E-state index contributed by atoms with van der Waals surface area (Å²) < 4.78 is 5.40.